The van der Waals surface area contributed by atoms with Crippen molar-refractivity contribution in [3.63, 3.8) is 0 Å². The zero-order valence-electron chi connectivity index (χ0n) is 21.5. The number of hydrogen-bond acceptors (Lipinski definition) is 7. The van der Waals surface area contributed by atoms with Crippen LogP contribution in [-0.4, -0.2) is 45.7 Å². The average Bonchev–Trinajstić information content (AvgIpc) is 2.93. The molecule has 2 N–H and O–H groups in total. The number of carbonyl (C=O) groups is 2. The van der Waals surface area contributed by atoms with Crippen LogP contribution in [-0.2, 0) is 9.84 Å². The number of nitrogens with one attached hydrogen (secondary N) is 2. The first kappa shape index (κ1) is 28.7. The van der Waals surface area contributed by atoms with Crippen molar-refractivity contribution >= 4 is 49.1 Å². The second kappa shape index (κ2) is 11.8. The Morgan fingerprint density at radius 3 is 2.17 bits per heavy atom. The molecule has 9 nitrogen and oxygen atoms in total. The number of sulfone groups is 1. The van der Waals surface area contributed by atoms with Crippen LogP contribution < -0.4 is 20.1 Å². The summed E-state index contributed by atoms with van der Waals surface area (Å²) in [6.45, 7) is 0. The van der Waals surface area contributed by atoms with Crippen LogP contribution in [0.5, 0.6) is 11.5 Å². The van der Waals surface area contributed by atoms with Crippen molar-refractivity contribution in [1.29, 1.82) is 0 Å². The monoisotopic (exact) mass is 627 g/mol. The van der Waals surface area contributed by atoms with Gasteiger partial charge in [0.2, 0.25) is 0 Å². The smallest absolute Gasteiger partial charge is 0.259 e. The minimum absolute atomic E-state index is 0.00910. The van der Waals surface area contributed by atoms with Gasteiger partial charge in [-0.1, -0.05) is 24.3 Å². The minimum atomic E-state index is -3.58. The molecule has 1 aromatic heterocycles. The molecule has 0 aliphatic carbocycles. The van der Waals surface area contributed by atoms with Crippen molar-refractivity contribution in [2.24, 2.45) is 0 Å². The summed E-state index contributed by atoms with van der Waals surface area (Å²) in [7, 11) is -0.794. The predicted molar refractivity (Wildman–Crippen MR) is 152 cm³/mol. The molecule has 0 saturated heterocycles. The highest BCUT2D eigenvalue weighted by molar-refractivity contribution is 9.10. The van der Waals surface area contributed by atoms with Gasteiger partial charge in [-0.15, -0.1) is 0 Å². The van der Waals surface area contributed by atoms with Crippen LogP contribution >= 0.6 is 15.9 Å². The van der Waals surface area contributed by atoms with Gasteiger partial charge in [0.05, 0.1) is 35.9 Å². The summed E-state index contributed by atoms with van der Waals surface area (Å²) < 4.78 is 50.9. The Hall–Kier alpha value is -4.29. The number of anilines is 2. The van der Waals surface area contributed by atoms with Crippen molar-refractivity contribution in [3.05, 3.63) is 94.3 Å². The molecule has 2 amide bonds. The highest BCUT2D eigenvalue weighted by Gasteiger charge is 2.22. The maximum absolute atomic E-state index is 15.2. The fourth-order valence-electron chi connectivity index (χ4n) is 3.89. The number of hydrogen-bond donors (Lipinski definition) is 2. The average molecular weight is 628 g/mol. The molecule has 0 radical (unpaired) electrons. The molecule has 40 heavy (non-hydrogen) atoms. The van der Waals surface area contributed by atoms with E-state index in [0.717, 1.165) is 16.8 Å². The van der Waals surface area contributed by atoms with Gasteiger partial charge in [0.1, 0.15) is 11.6 Å². The summed E-state index contributed by atoms with van der Waals surface area (Å²) in [6, 6.07) is 16.0. The second-order valence-corrected chi connectivity index (χ2v) is 11.4. The third-order valence-electron chi connectivity index (χ3n) is 5.80. The number of rotatable bonds is 8. The molecule has 0 atom stereocenters. The lowest BCUT2D eigenvalue weighted by Crippen LogP contribution is -2.20. The number of pyridine rings is 1. The van der Waals surface area contributed by atoms with Gasteiger partial charge in [-0.25, -0.2) is 17.8 Å². The lowest BCUT2D eigenvalue weighted by Gasteiger charge is -2.16. The molecule has 0 spiro atoms. The fourth-order valence-corrected chi connectivity index (χ4v) is 5.03. The quantitative estimate of drug-likeness (QED) is 0.261. The van der Waals surface area contributed by atoms with Gasteiger partial charge in [0.25, 0.3) is 11.8 Å². The summed E-state index contributed by atoms with van der Waals surface area (Å²) in [5.41, 5.74) is 0.300. The molecule has 206 valence electrons. The van der Waals surface area contributed by atoms with Crippen LogP contribution in [0.15, 0.2) is 82.3 Å². The number of benzene rings is 3. The van der Waals surface area contributed by atoms with Crippen molar-refractivity contribution in [1.82, 2.24) is 4.98 Å². The lowest BCUT2D eigenvalue weighted by molar-refractivity contribution is 0.102. The van der Waals surface area contributed by atoms with Gasteiger partial charge < -0.3 is 20.1 Å². The highest BCUT2D eigenvalue weighted by Crippen LogP contribution is 2.35. The number of methoxy groups -OCH3 is 2. The first-order valence-corrected chi connectivity index (χ1v) is 14.3. The summed E-state index contributed by atoms with van der Waals surface area (Å²) in [4.78, 5) is 30.5. The summed E-state index contributed by atoms with van der Waals surface area (Å²) in [5.74, 6) is -1.62. The number of aromatic nitrogens is 1. The molecule has 0 saturated carbocycles. The first-order chi connectivity index (χ1) is 19.0. The van der Waals surface area contributed by atoms with Crippen LogP contribution in [0, 0.1) is 5.82 Å². The normalized spacial score (nSPS) is 11.0. The van der Waals surface area contributed by atoms with E-state index < -0.39 is 27.5 Å². The van der Waals surface area contributed by atoms with Gasteiger partial charge in [-0.3, -0.25) is 9.59 Å². The SMILES string of the molecule is COc1cc(NC(=O)c2ccc(-c3ccccc3S(C)(=O)=O)cc2F)c(C(=O)Nc2ccc(Br)cn2)cc1OC. The maximum Gasteiger partial charge on any atom is 0.259 e. The van der Waals surface area contributed by atoms with Gasteiger partial charge >= 0.3 is 0 Å². The number of carbonyl (C=O) groups excluding carboxylic acids is 2. The summed E-state index contributed by atoms with van der Waals surface area (Å²) >= 11 is 3.28. The number of ether oxygens (including phenoxy) is 2. The number of amides is 2. The van der Waals surface area contributed by atoms with Crippen LogP contribution in [0.2, 0.25) is 0 Å². The topological polar surface area (TPSA) is 124 Å². The number of nitrogens with zero attached hydrogens (tertiary/aromatic N) is 1. The van der Waals surface area contributed by atoms with Crippen LogP contribution in [0.4, 0.5) is 15.9 Å². The Balaban J connectivity index is 1.68. The van der Waals surface area contributed by atoms with Crippen molar-refractivity contribution in [2.45, 2.75) is 4.90 Å². The molecule has 0 unspecified atom stereocenters. The lowest BCUT2D eigenvalue weighted by atomic mass is 10.0. The van der Waals surface area contributed by atoms with Crippen LogP contribution in [0.3, 0.4) is 0 Å². The van der Waals surface area contributed by atoms with E-state index in [0.29, 0.717) is 5.56 Å². The van der Waals surface area contributed by atoms with E-state index >= 15 is 4.39 Å². The molecule has 12 heteroatoms. The molecular formula is C28H23BrFN3O6S. The zero-order chi connectivity index (χ0) is 29.0. The zero-order valence-corrected chi connectivity index (χ0v) is 23.9. The van der Waals surface area contributed by atoms with Crippen molar-refractivity contribution in [3.8, 4) is 22.6 Å². The largest absolute Gasteiger partial charge is 0.493 e. The fraction of sp³-hybridized carbons (Fsp3) is 0.107. The molecule has 0 aliphatic rings. The first-order valence-electron chi connectivity index (χ1n) is 11.6. The minimum Gasteiger partial charge on any atom is -0.493 e. The molecule has 4 rings (SSSR count). The van der Waals surface area contributed by atoms with Crippen molar-refractivity contribution < 1.29 is 31.9 Å². The Morgan fingerprint density at radius 2 is 1.55 bits per heavy atom. The predicted octanol–water partition coefficient (Wildman–Crippen LogP) is 5.58. The van der Waals surface area contributed by atoms with Crippen LogP contribution in [0.1, 0.15) is 20.7 Å². The van der Waals surface area contributed by atoms with E-state index in [1.54, 1.807) is 30.3 Å². The van der Waals surface area contributed by atoms with E-state index in [1.807, 2.05) is 0 Å². The van der Waals surface area contributed by atoms with E-state index in [1.165, 1.54) is 50.7 Å². The Labute approximate surface area is 238 Å². The second-order valence-electron chi connectivity index (χ2n) is 8.49. The summed E-state index contributed by atoms with van der Waals surface area (Å²) in [6.07, 6.45) is 2.57. The Kier molecular flexibility index (Phi) is 8.50. The number of halogens is 2. The Morgan fingerprint density at radius 1 is 0.875 bits per heavy atom. The molecule has 0 fully saturated rings. The molecule has 4 aromatic rings. The van der Waals surface area contributed by atoms with Gasteiger partial charge in [-0.2, -0.15) is 0 Å². The van der Waals surface area contributed by atoms with Crippen molar-refractivity contribution in [2.75, 3.05) is 31.1 Å². The molecule has 1 heterocycles. The molecular weight excluding hydrogens is 605 g/mol. The third kappa shape index (κ3) is 6.29. The molecule has 3 aromatic carbocycles. The third-order valence-corrected chi connectivity index (χ3v) is 7.42. The van der Waals surface area contributed by atoms with E-state index in [-0.39, 0.29) is 44.6 Å². The summed E-state index contributed by atoms with van der Waals surface area (Å²) in [5, 5.41) is 5.21. The highest BCUT2D eigenvalue weighted by atomic mass is 79.9. The van der Waals surface area contributed by atoms with Gasteiger partial charge in [-0.05, 0) is 57.9 Å². The van der Waals surface area contributed by atoms with Crippen LogP contribution in [0.25, 0.3) is 11.1 Å². The van der Waals surface area contributed by atoms with E-state index in [2.05, 4.69) is 31.5 Å². The van der Waals surface area contributed by atoms with Gasteiger partial charge in [0, 0.05) is 28.6 Å². The maximum atomic E-state index is 15.2. The Bertz CT molecular complexity index is 1710. The van der Waals surface area contributed by atoms with E-state index in [9.17, 15) is 18.0 Å². The standard InChI is InChI=1S/C28H23BrFN3O6S/c1-38-23-13-20(28(35)33-26-11-9-17(29)15-31-26)22(14-24(23)39-2)32-27(34)19-10-8-16(12-21(19)30)18-6-4-5-7-25(18)40(3,36)37/h4-15H,1-3H3,(H,32,34)(H,31,33,35). The van der Waals surface area contributed by atoms with Gasteiger partial charge in [0.15, 0.2) is 21.3 Å². The van der Waals surface area contributed by atoms with E-state index in [4.69, 9.17) is 9.47 Å². The molecule has 0 aliphatic heterocycles. The molecule has 0 bridgehead atoms.